The van der Waals surface area contributed by atoms with Crippen LogP contribution >= 0.6 is 11.8 Å². The lowest BCUT2D eigenvalue weighted by atomic mass is 9.85. The molecule has 11 heteroatoms. The predicted molar refractivity (Wildman–Crippen MR) is 108 cm³/mol. The summed E-state index contributed by atoms with van der Waals surface area (Å²) in [5, 5.41) is 11.5. The first-order chi connectivity index (χ1) is 14.7. The van der Waals surface area contributed by atoms with Crippen LogP contribution < -0.4 is 5.56 Å². The van der Waals surface area contributed by atoms with Crippen molar-refractivity contribution < 1.29 is 18.3 Å². The summed E-state index contributed by atoms with van der Waals surface area (Å²) in [4.78, 5) is 25.7. The lowest BCUT2D eigenvalue weighted by Crippen LogP contribution is -2.48. The fraction of sp³-hybridized carbons (Fsp3) is 0.400. The molecule has 1 unspecified atom stereocenters. The molecule has 0 amide bonds. The first-order valence-electron chi connectivity index (χ1n) is 9.60. The van der Waals surface area contributed by atoms with Crippen LogP contribution in [0.15, 0.2) is 40.9 Å². The van der Waals surface area contributed by atoms with Crippen LogP contribution in [0.4, 0.5) is 13.2 Å². The molecule has 7 nitrogen and oxygen atoms in total. The number of pyridine rings is 1. The minimum absolute atomic E-state index is 0.0684. The van der Waals surface area contributed by atoms with Crippen LogP contribution in [0.3, 0.4) is 0 Å². The number of hydrogen-bond acceptors (Lipinski definition) is 6. The molecule has 3 aromatic heterocycles. The van der Waals surface area contributed by atoms with Crippen LogP contribution in [0, 0.1) is 5.41 Å². The van der Waals surface area contributed by atoms with E-state index in [2.05, 4.69) is 21.5 Å². The Morgan fingerprint density at radius 1 is 1.32 bits per heavy atom. The average Bonchev–Trinajstić information content (AvgIpc) is 3.41. The Hall–Kier alpha value is -2.66. The zero-order chi connectivity index (χ0) is 22.2. The summed E-state index contributed by atoms with van der Waals surface area (Å²) in [6.45, 7) is 3.75. The third kappa shape index (κ3) is 2.59. The highest BCUT2D eigenvalue weighted by atomic mass is 32.2. The van der Waals surface area contributed by atoms with Crippen LogP contribution in [0.25, 0.3) is 16.9 Å². The number of alkyl halides is 3. The number of allylic oxidation sites excluding steroid dienone is 1. The summed E-state index contributed by atoms with van der Waals surface area (Å²) in [6.07, 6.45) is 0.490. The predicted octanol–water partition coefficient (Wildman–Crippen LogP) is 2.97. The second-order valence-electron chi connectivity index (χ2n) is 7.92. The molecule has 3 heterocycles. The Balaban J connectivity index is 1.79. The van der Waals surface area contributed by atoms with Gasteiger partial charge in [0.2, 0.25) is 5.60 Å². The van der Waals surface area contributed by atoms with E-state index in [1.165, 1.54) is 33.4 Å². The van der Waals surface area contributed by atoms with E-state index in [4.69, 9.17) is 0 Å². The quantitative estimate of drug-likeness (QED) is 0.375. The van der Waals surface area contributed by atoms with E-state index in [1.54, 1.807) is 18.4 Å². The van der Waals surface area contributed by atoms with Crippen molar-refractivity contribution in [3.8, 4) is 5.82 Å². The van der Waals surface area contributed by atoms with Crippen molar-refractivity contribution in [2.75, 3.05) is 6.26 Å². The molecule has 1 saturated carbocycles. The SMILES string of the molecule is C=CCn1c(=O)c2cnc(SC)nc2n1-c1ccc2c(n1)C(O)(C(F)(F)F)C1(CC1)C2. The summed E-state index contributed by atoms with van der Waals surface area (Å²) >= 11 is 1.27. The third-order valence-electron chi connectivity index (χ3n) is 6.22. The molecule has 2 aliphatic rings. The lowest BCUT2D eigenvalue weighted by molar-refractivity contribution is -0.289. The van der Waals surface area contributed by atoms with Gasteiger partial charge in [0.15, 0.2) is 16.6 Å². The van der Waals surface area contributed by atoms with Gasteiger partial charge in [0.25, 0.3) is 5.56 Å². The summed E-state index contributed by atoms with van der Waals surface area (Å²) in [6, 6.07) is 3.10. The number of hydrogen-bond donors (Lipinski definition) is 1. The fourth-order valence-corrected chi connectivity index (χ4v) is 4.89. The summed E-state index contributed by atoms with van der Waals surface area (Å²) in [7, 11) is 0. The van der Waals surface area contributed by atoms with Crippen molar-refractivity contribution in [1.82, 2.24) is 24.3 Å². The third-order valence-corrected chi connectivity index (χ3v) is 6.78. The first kappa shape index (κ1) is 20.3. The van der Waals surface area contributed by atoms with Crippen LogP contribution in [0.1, 0.15) is 24.1 Å². The summed E-state index contributed by atoms with van der Waals surface area (Å²) in [5.41, 5.74) is -4.48. The van der Waals surface area contributed by atoms with Gasteiger partial charge in [-0.25, -0.2) is 24.3 Å². The normalized spacial score (nSPS) is 21.6. The minimum Gasteiger partial charge on any atom is -0.375 e. The average molecular weight is 449 g/mol. The van der Waals surface area contributed by atoms with E-state index in [1.807, 2.05) is 0 Å². The Labute approximate surface area is 178 Å². The highest BCUT2D eigenvalue weighted by Crippen LogP contribution is 2.69. The smallest absolute Gasteiger partial charge is 0.375 e. The van der Waals surface area contributed by atoms with Gasteiger partial charge in [-0.3, -0.25) is 4.79 Å². The topological polar surface area (TPSA) is 85.8 Å². The van der Waals surface area contributed by atoms with Gasteiger partial charge in [0, 0.05) is 11.6 Å². The number of halogens is 3. The van der Waals surface area contributed by atoms with Gasteiger partial charge in [0.1, 0.15) is 5.39 Å². The highest BCUT2D eigenvalue weighted by molar-refractivity contribution is 7.98. The molecular weight excluding hydrogens is 431 g/mol. The monoisotopic (exact) mass is 449 g/mol. The highest BCUT2D eigenvalue weighted by Gasteiger charge is 2.75. The summed E-state index contributed by atoms with van der Waals surface area (Å²) < 4.78 is 44.8. The van der Waals surface area contributed by atoms with Crippen molar-refractivity contribution >= 4 is 22.8 Å². The molecule has 1 atom stereocenters. The van der Waals surface area contributed by atoms with Crippen molar-refractivity contribution in [3.63, 3.8) is 0 Å². The van der Waals surface area contributed by atoms with E-state index in [-0.39, 0.29) is 42.7 Å². The molecule has 1 fully saturated rings. The molecule has 5 rings (SSSR count). The molecule has 1 spiro atoms. The molecule has 31 heavy (non-hydrogen) atoms. The maximum atomic E-state index is 14.1. The second kappa shape index (κ2) is 6.42. The molecule has 162 valence electrons. The maximum absolute atomic E-state index is 14.1. The lowest BCUT2D eigenvalue weighted by Gasteiger charge is -2.32. The Morgan fingerprint density at radius 3 is 2.68 bits per heavy atom. The van der Waals surface area contributed by atoms with Crippen LogP contribution in [0.5, 0.6) is 0 Å². The fourth-order valence-electron chi connectivity index (χ4n) is 4.55. The second-order valence-corrected chi connectivity index (χ2v) is 8.70. The Bertz CT molecular complexity index is 1290. The molecule has 0 saturated heterocycles. The van der Waals surface area contributed by atoms with Gasteiger partial charge in [-0.15, -0.1) is 6.58 Å². The van der Waals surface area contributed by atoms with Gasteiger partial charge < -0.3 is 5.11 Å². The molecule has 0 aliphatic heterocycles. The van der Waals surface area contributed by atoms with Crippen LogP contribution in [-0.2, 0) is 18.6 Å². The minimum atomic E-state index is -4.87. The van der Waals surface area contributed by atoms with Crippen molar-refractivity contribution in [2.45, 2.75) is 42.7 Å². The standard InChI is InChI=1S/C20H18F3N5O2S/c1-3-8-27-16(29)12-10-24-17(31-2)26-15(12)28(27)13-5-4-11-9-18(6-7-18)19(30,14(11)25-13)20(21,22)23/h3-5,10,30H,1,6-9H2,2H3. The van der Waals surface area contributed by atoms with Gasteiger partial charge in [-0.05, 0) is 37.1 Å². The summed E-state index contributed by atoms with van der Waals surface area (Å²) in [5.74, 6) is 0.0684. The molecule has 3 aromatic rings. The molecule has 0 bridgehead atoms. The van der Waals surface area contributed by atoms with Gasteiger partial charge in [-0.1, -0.05) is 23.9 Å². The zero-order valence-corrected chi connectivity index (χ0v) is 17.3. The number of rotatable bonds is 4. The molecule has 1 N–H and O–H groups in total. The number of fused-ring (bicyclic) bond motifs is 2. The van der Waals surface area contributed by atoms with Crippen molar-refractivity contribution in [1.29, 1.82) is 0 Å². The number of aromatic nitrogens is 5. The number of thioether (sulfide) groups is 1. The molecule has 0 radical (unpaired) electrons. The van der Waals surface area contributed by atoms with Gasteiger partial charge in [-0.2, -0.15) is 13.2 Å². The molecule has 0 aromatic carbocycles. The van der Waals surface area contributed by atoms with E-state index in [0.29, 0.717) is 10.7 Å². The first-order valence-corrected chi connectivity index (χ1v) is 10.8. The number of aliphatic hydroxyl groups is 1. The largest absolute Gasteiger partial charge is 0.423 e. The van der Waals surface area contributed by atoms with E-state index >= 15 is 0 Å². The Kier molecular flexibility index (Phi) is 4.20. The molecule has 2 aliphatic carbocycles. The van der Waals surface area contributed by atoms with Crippen LogP contribution in [0.2, 0.25) is 0 Å². The van der Waals surface area contributed by atoms with Gasteiger partial charge >= 0.3 is 6.18 Å². The van der Waals surface area contributed by atoms with E-state index in [9.17, 15) is 23.1 Å². The molecular formula is C20H18F3N5O2S. The zero-order valence-electron chi connectivity index (χ0n) is 16.5. The Morgan fingerprint density at radius 2 is 2.06 bits per heavy atom. The van der Waals surface area contributed by atoms with E-state index in [0.717, 1.165) is 0 Å². The van der Waals surface area contributed by atoms with Crippen molar-refractivity contribution in [2.24, 2.45) is 5.41 Å². The number of nitrogens with zero attached hydrogens (tertiary/aromatic N) is 5. The maximum Gasteiger partial charge on any atom is 0.423 e. The van der Waals surface area contributed by atoms with E-state index < -0.39 is 28.4 Å². The van der Waals surface area contributed by atoms with Crippen LogP contribution in [-0.4, -0.2) is 41.9 Å². The van der Waals surface area contributed by atoms with Crippen molar-refractivity contribution in [3.05, 3.63) is 52.6 Å². The van der Waals surface area contributed by atoms with Gasteiger partial charge in [0.05, 0.1) is 12.2 Å².